The van der Waals surface area contributed by atoms with Crippen LogP contribution in [0.5, 0.6) is 17.2 Å². The Bertz CT molecular complexity index is 951. The van der Waals surface area contributed by atoms with Crippen LogP contribution in [-0.4, -0.2) is 39.3 Å². The molecule has 0 aromatic heterocycles. The van der Waals surface area contributed by atoms with Gasteiger partial charge >= 0.3 is 5.97 Å². The van der Waals surface area contributed by atoms with Gasteiger partial charge in [-0.3, -0.25) is 4.79 Å². The third kappa shape index (κ3) is 5.01. The number of aryl methyl sites for hydroxylation is 1. The molecule has 1 amide bonds. The summed E-state index contributed by atoms with van der Waals surface area (Å²) in [5.41, 5.74) is 1.44. The number of carbonyl (C=O) groups excluding carboxylic acids is 2. The summed E-state index contributed by atoms with van der Waals surface area (Å²) in [6.45, 7) is 3.29. The van der Waals surface area contributed by atoms with Gasteiger partial charge in [0.15, 0.2) is 17.6 Å². The summed E-state index contributed by atoms with van der Waals surface area (Å²) in [6.07, 6.45) is -1.09. The van der Waals surface area contributed by atoms with Gasteiger partial charge in [-0.1, -0.05) is 17.7 Å². The zero-order valence-electron chi connectivity index (χ0n) is 16.9. The fourth-order valence-electron chi connectivity index (χ4n) is 2.59. The largest absolute Gasteiger partial charge is 0.492 e. The van der Waals surface area contributed by atoms with Gasteiger partial charge in [-0.05, 0) is 63.4 Å². The Balaban J connectivity index is 2.30. The zero-order valence-corrected chi connectivity index (χ0v) is 20.8. The normalized spacial score (nSPS) is 11.5. The van der Waals surface area contributed by atoms with Crippen LogP contribution in [0.1, 0.15) is 22.8 Å². The summed E-state index contributed by atoms with van der Waals surface area (Å²) in [5, 5.41) is 3.18. The van der Waals surface area contributed by atoms with Gasteiger partial charge < -0.3 is 24.3 Å². The van der Waals surface area contributed by atoms with E-state index in [9.17, 15) is 9.59 Å². The van der Waals surface area contributed by atoms with Crippen molar-refractivity contribution in [2.45, 2.75) is 20.0 Å². The summed E-state index contributed by atoms with van der Waals surface area (Å²) < 4.78 is 22.0. The highest BCUT2D eigenvalue weighted by Gasteiger charge is 2.30. The molecule has 0 bridgehead atoms. The average Bonchev–Trinajstić information content (AvgIpc) is 2.70. The molecule has 1 N–H and O–H groups in total. The van der Waals surface area contributed by atoms with Crippen LogP contribution in [-0.2, 0) is 9.53 Å². The molecule has 0 fully saturated rings. The first-order chi connectivity index (χ1) is 14.2. The lowest BCUT2D eigenvalue weighted by Gasteiger charge is -2.20. The van der Waals surface area contributed by atoms with Crippen molar-refractivity contribution < 1.29 is 28.5 Å². The topological polar surface area (TPSA) is 83.1 Å². The van der Waals surface area contributed by atoms with Crippen LogP contribution in [0, 0.1) is 6.92 Å². The fourth-order valence-corrected chi connectivity index (χ4v) is 4.43. The number of methoxy groups -OCH3 is 3. The standard InChI is InChI=1S/C20H20Br2ClNO6/c1-9-6-7-11(23)8-12(9)24-19(25)10(2)30-20(26)13-14(21)16(27-3)18(29-5)17(28-4)15(13)22/h6-8,10H,1-5H3,(H,24,25). The SMILES string of the molecule is COc1c(Br)c(C(=O)OC(C)C(=O)Nc2cc(Cl)ccc2C)c(Br)c(OC)c1OC. The Morgan fingerprint density at radius 1 is 1.00 bits per heavy atom. The molecule has 0 spiro atoms. The first-order valence-electron chi connectivity index (χ1n) is 8.61. The van der Waals surface area contributed by atoms with Crippen LogP contribution in [0.15, 0.2) is 27.1 Å². The second-order valence-electron chi connectivity index (χ2n) is 6.10. The van der Waals surface area contributed by atoms with Gasteiger partial charge in [0, 0.05) is 10.7 Å². The molecular formula is C20H20Br2ClNO6. The number of anilines is 1. The fraction of sp³-hybridized carbons (Fsp3) is 0.300. The minimum Gasteiger partial charge on any atom is -0.492 e. The van der Waals surface area contributed by atoms with E-state index in [1.54, 1.807) is 18.2 Å². The van der Waals surface area contributed by atoms with E-state index in [1.165, 1.54) is 28.3 Å². The minimum atomic E-state index is -1.09. The number of rotatable bonds is 7. The summed E-state index contributed by atoms with van der Waals surface area (Å²) >= 11 is 12.7. The van der Waals surface area contributed by atoms with E-state index in [0.29, 0.717) is 10.7 Å². The smallest absolute Gasteiger partial charge is 0.341 e. The van der Waals surface area contributed by atoms with Crippen LogP contribution in [0.2, 0.25) is 5.02 Å². The van der Waals surface area contributed by atoms with Crippen LogP contribution in [0.4, 0.5) is 5.69 Å². The van der Waals surface area contributed by atoms with E-state index >= 15 is 0 Å². The zero-order chi connectivity index (χ0) is 22.6. The summed E-state index contributed by atoms with van der Waals surface area (Å²) in [7, 11) is 4.30. The highest BCUT2D eigenvalue weighted by molar-refractivity contribution is 9.11. The monoisotopic (exact) mass is 563 g/mol. The predicted molar refractivity (Wildman–Crippen MR) is 121 cm³/mol. The first-order valence-corrected chi connectivity index (χ1v) is 10.6. The maximum Gasteiger partial charge on any atom is 0.341 e. The molecule has 2 aromatic carbocycles. The lowest BCUT2D eigenvalue weighted by Crippen LogP contribution is -2.30. The van der Waals surface area contributed by atoms with Gasteiger partial charge in [0.05, 0.1) is 35.8 Å². The van der Waals surface area contributed by atoms with Gasteiger partial charge in [-0.15, -0.1) is 0 Å². The molecule has 0 aliphatic carbocycles. The van der Waals surface area contributed by atoms with Crippen LogP contribution >= 0.6 is 43.5 Å². The van der Waals surface area contributed by atoms with Crippen LogP contribution in [0.3, 0.4) is 0 Å². The number of nitrogens with one attached hydrogen (secondary N) is 1. The highest BCUT2D eigenvalue weighted by Crippen LogP contribution is 2.50. The Morgan fingerprint density at radius 3 is 2.03 bits per heavy atom. The quantitative estimate of drug-likeness (QED) is 0.454. The molecule has 2 aromatic rings. The number of ether oxygens (including phenoxy) is 4. The maximum atomic E-state index is 12.9. The molecule has 7 nitrogen and oxygen atoms in total. The molecule has 0 aliphatic rings. The molecule has 0 radical (unpaired) electrons. The van der Waals surface area contributed by atoms with Crippen molar-refractivity contribution in [2.75, 3.05) is 26.6 Å². The number of halogens is 3. The molecule has 0 aliphatic heterocycles. The van der Waals surface area contributed by atoms with Gasteiger partial charge in [-0.2, -0.15) is 0 Å². The van der Waals surface area contributed by atoms with Crippen LogP contribution in [0.25, 0.3) is 0 Å². The number of hydrogen-bond donors (Lipinski definition) is 1. The molecule has 2 rings (SSSR count). The van der Waals surface area contributed by atoms with Crippen molar-refractivity contribution in [3.05, 3.63) is 43.3 Å². The van der Waals surface area contributed by atoms with Crippen molar-refractivity contribution in [3.8, 4) is 17.2 Å². The number of carbonyl (C=O) groups is 2. The van der Waals surface area contributed by atoms with E-state index in [2.05, 4.69) is 37.2 Å². The molecule has 162 valence electrons. The number of hydrogen-bond acceptors (Lipinski definition) is 6. The van der Waals surface area contributed by atoms with E-state index in [4.69, 9.17) is 30.5 Å². The lowest BCUT2D eigenvalue weighted by molar-refractivity contribution is -0.123. The second-order valence-corrected chi connectivity index (χ2v) is 8.12. The lowest BCUT2D eigenvalue weighted by atomic mass is 10.1. The van der Waals surface area contributed by atoms with Crippen LogP contribution < -0.4 is 19.5 Å². The summed E-state index contributed by atoms with van der Waals surface area (Å²) in [6, 6.07) is 5.12. The molecule has 0 saturated heterocycles. The molecule has 1 unspecified atom stereocenters. The molecule has 10 heteroatoms. The van der Waals surface area contributed by atoms with E-state index < -0.39 is 18.0 Å². The number of amides is 1. The Morgan fingerprint density at radius 2 is 1.53 bits per heavy atom. The van der Waals surface area contributed by atoms with Crippen molar-refractivity contribution in [1.82, 2.24) is 0 Å². The van der Waals surface area contributed by atoms with Crippen molar-refractivity contribution in [3.63, 3.8) is 0 Å². The summed E-state index contributed by atoms with van der Waals surface area (Å²) in [5.74, 6) is -0.489. The van der Waals surface area contributed by atoms with E-state index in [-0.39, 0.29) is 31.8 Å². The minimum absolute atomic E-state index is 0.0862. The highest BCUT2D eigenvalue weighted by atomic mass is 79.9. The third-order valence-electron chi connectivity index (χ3n) is 4.18. The van der Waals surface area contributed by atoms with Gasteiger partial charge in [0.1, 0.15) is 0 Å². The molecular weight excluding hydrogens is 545 g/mol. The van der Waals surface area contributed by atoms with E-state index in [1.807, 2.05) is 6.92 Å². The molecule has 0 heterocycles. The number of benzene rings is 2. The van der Waals surface area contributed by atoms with Gasteiger partial charge in [-0.25, -0.2) is 4.79 Å². The van der Waals surface area contributed by atoms with Crippen molar-refractivity contribution in [2.24, 2.45) is 0 Å². The van der Waals surface area contributed by atoms with Crippen molar-refractivity contribution in [1.29, 1.82) is 0 Å². The Labute approximate surface area is 196 Å². The van der Waals surface area contributed by atoms with Gasteiger partial charge in [0.2, 0.25) is 5.75 Å². The summed E-state index contributed by atoms with van der Waals surface area (Å²) in [4.78, 5) is 25.4. The van der Waals surface area contributed by atoms with Gasteiger partial charge in [0.25, 0.3) is 5.91 Å². The molecule has 1 atom stereocenters. The Kier molecular flexibility index (Phi) is 8.40. The molecule has 30 heavy (non-hydrogen) atoms. The maximum absolute atomic E-state index is 12.9. The molecule has 0 saturated carbocycles. The number of esters is 1. The van der Waals surface area contributed by atoms with E-state index in [0.717, 1.165) is 5.56 Å². The predicted octanol–water partition coefficient (Wildman–Crippen LogP) is 5.38. The first kappa shape index (κ1) is 24.3. The average molecular weight is 566 g/mol. The third-order valence-corrected chi connectivity index (χ3v) is 5.93. The van der Waals surface area contributed by atoms with Crippen molar-refractivity contribution >= 4 is 61.0 Å². The Hall–Kier alpha value is -1.97. The second kappa shape index (κ2) is 10.4.